The smallest absolute Gasteiger partial charge is 0.335 e. The van der Waals surface area contributed by atoms with Crippen LogP contribution < -0.4 is 0 Å². The van der Waals surface area contributed by atoms with Crippen LogP contribution in [0.15, 0.2) is 47.0 Å². The largest absolute Gasteiger partial charge is 0.417 e. The van der Waals surface area contributed by atoms with Gasteiger partial charge in [-0.1, -0.05) is 43.3 Å². The molecule has 120 valence electrons. The number of hydrogen-bond acceptors (Lipinski definition) is 2. The number of nitrogens with zero attached hydrogens (tertiary/aromatic N) is 2. The molecule has 1 aromatic carbocycles. The van der Waals surface area contributed by atoms with E-state index < -0.39 is 11.7 Å². The van der Waals surface area contributed by atoms with Crippen molar-refractivity contribution in [1.82, 2.24) is 4.90 Å². The van der Waals surface area contributed by atoms with Gasteiger partial charge in [0.15, 0.2) is 0 Å². The average molecular weight is 312 g/mol. The van der Waals surface area contributed by atoms with Crippen LogP contribution in [0.4, 0.5) is 13.2 Å². The minimum atomic E-state index is -4.48. The summed E-state index contributed by atoms with van der Waals surface area (Å²) in [5.41, 5.74) is -0.0760. The summed E-state index contributed by atoms with van der Waals surface area (Å²) >= 11 is 0. The maximum Gasteiger partial charge on any atom is 0.417 e. The predicted molar refractivity (Wildman–Crippen MR) is 80.7 cm³/mol. The molecule has 3 nitrogen and oxygen atoms in total. The molecular formula is C16H19F3N2O. The van der Waals surface area contributed by atoms with Crippen LogP contribution in [0.25, 0.3) is 0 Å². The molecule has 0 atom stereocenters. The summed E-state index contributed by atoms with van der Waals surface area (Å²) in [5, 5.41) is 0. The summed E-state index contributed by atoms with van der Waals surface area (Å²) in [6.07, 6.45) is -2.61. The van der Waals surface area contributed by atoms with E-state index in [1.165, 1.54) is 11.9 Å². The van der Waals surface area contributed by atoms with Crippen molar-refractivity contribution in [3.05, 3.63) is 47.5 Å². The lowest BCUT2D eigenvalue weighted by atomic mass is 10.1. The van der Waals surface area contributed by atoms with Gasteiger partial charge in [0.25, 0.3) is 0 Å². The first-order chi connectivity index (χ1) is 10.4. The second kappa shape index (κ2) is 8.36. The number of benzene rings is 1. The Labute approximate surface area is 128 Å². The number of amides is 1. The number of aliphatic imine (C=N–C) groups is 1. The van der Waals surface area contributed by atoms with Gasteiger partial charge in [0.1, 0.15) is 0 Å². The van der Waals surface area contributed by atoms with Gasteiger partial charge >= 0.3 is 6.18 Å². The number of halogens is 3. The van der Waals surface area contributed by atoms with Crippen LogP contribution >= 0.6 is 0 Å². The SMILES string of the molecule is CC/C=C(\C(CN(C=O)Cc1ccccc1)=NC)C(F)(F)F. The maximum absolute atomic E-state index is 13.1. The van der Waals surface area contributed by atoms with E-state index >= 15 is 0 Å². The summed E-state index contributed by atoms with van der Waals surface area (Å²) in [4.78, 5) is 16.2. The molecule has 0 N–H and O–H groups in total. The number of alkyl halides is 3. The Kier molecular flexibility index (Phi) is 6.82. The lowest BCUT2D eigenvalue weighted by molar-refractivity contribution is -0.118. The zero-order chi connectivity index (χ0) is 16.6. The standard InChI is InChI=1S/C16H19F3N2O/c1-3-7-14(16(17,18)19)15(20-2)11-21(12-22)10-13-8-5-4-6-9-13/h4-9,12H,3,10-11H2,1-2H3/b14-7+,20-15?. The highest BCUT2D eigenvalue weighted by atomic mass is 19.4. The lowest BCUT2D eigenvalue weighted by Gasteiger charge is -2.21. The van der Waals surface area contributed by atoms with Crippen LogP contribution in [-0.2, 0) is 11.3 Å². The van der Waals surface area contributed by atoms with Gasteiger partial charge in [-0.2, -0.15) is 13.2 Å². The van der Waals surface area contributed by atoms with Gasteiger partial charge in [-0.05, 0) is 12.0 Å². The van der Waals surface area contributed by atoms with Crippen LogP contribution in [-0.4, -0.2) is 36.8 Å². The van der Waals surface area contributed by atoms with Crippen LogP contribution in [0.1, 0.15) is 18.9 Å². The normalized spacial score (nSPS) is 13.1. The molecule has 0 aliphatic rings. The van der Waals surface area contributed by atoms with Crippen molar-refractivity contribution in [2.75, 3.05) is 13.6 Å². The lowest BCUT2D eigenvalue weighted by Crippen LogP contribution is -2.33. The monoisotopic (exact) mass is 312 g/mol. The molecule has 0 saturated carbocycles. The molecule has 0 fully saturated rings. The molecule has 0 heterocycles. The highest BCUT2D eigenvalue weighted by Gasteiger charge is 2.36. The molecule has 0 spiro atoms. The zero-order valence-corrected chi connectivity index (χ0v) is 12.6. The minimum Gasteiger partial charge on any atom is -0.335 e. The van der Waals surface area contributed by atoms with Crippen molar-refractivity contribution in [3.63, 3.8) is 0 Å². The van der Waals surface area contributed by atoms with Crippen molar-refractivity contribution < 1.29 is 18.0 Å². The van der Waals surface area contributed by atoms with E-state index in [4.69, 9.17) is 0 Å². The van der Waals surface area contributed by atoms with Crippen molar-refractivity contribution in [2.45, 2.75) is 26.1 Å². The van der Waals surface area contributed by atoms with E-state index in [1.807, 2.05) is 30.3 Å². The Balaban J connectivity index is 2.91. The second-order valence-corrected chi connectivity index (χ2v) is 4.69. The molecule has 0 saturated heterocycles. The summed E-state index contributed by atoms with van der Waals surface area (Å²) in [5.74, 6) is 0. The third kappa shape index (κ3) is 5.35. The van der Waals surface area contributed by atoms with Crippen LogP contribution in [0.5, 0.6) is 0 Å². The van der Waals surface area contributed by atoms with Crippen molar-refractivity contribution in [1.29, 1.82) is 0 Å². The van der Waals surface area contributed by atoms with E-state index in [2.05, 4.69) is 4.99 Å². The highest BCUT2D eigenvalue weighted by molar-refractivity contribution is 6.03. The Hall–Kier alpha value is -2.11. The highest BCUT2D eigenvalue weighted by Crippen LogP contribution is 2.27. The number of carbonyl (C=O) groups is 1. The number of carbonyl (C=O) groups excluding carboxylic acids is 1. The zero-order valence-electron chi connectivity index (χ0n) is 12.6. The van der Waals surface area contributed by atoms with Gasteiger partial charge in [-0.3, -0.25) is 9.79 Å². The summed E-state index contributed by atoms with van der Waals surface area (Å²) in [7, 11) is 1.30. The third-order valence-electron chi connectivity index (χ3n) is 3.02. The van der Waals surface area contributed by atoms with Crippen molar-refractivity contribution in [3.8, 4) is 0 Å². The van der Waals surface area contributed by atoms with Crippen LogP contribution in [0, 0.1) is 0 Å². The number of hydrogen-bond donors (Lipinski definition) is 0. The Morgan fingerprint density at radius 2 is 1.91 bits per heavy atom. The predicted octanol–water partition coefficient (Wildman–Crippen LogP) is 3.61. The fraction of sp³-hybridized carbons (Fsp3) is 0.375. The van der Waals surface area contributed by atoms with Crippen molar-refractivity contribution >= 4 is 12.1 Å². The average Bonchev–Trinajstić information content (AvgIpc) is 2.49. The molecular weight excluding hydrogens is 293 g/mol. The fourth-order valence-corrected chi connectivity index (χ4v) is 2.02. The second-order valence-electron chi connectivity index (χ2n) is 4.69. The first-order valence-corrected chi connectivity index (χ1v) is 6.89. The number of rotatable bonds is 7. The Morgan fingerprint density at radius 1 is 1.27 bits per heavy atom. The molecule has 6 heteroatoms. The molecule has 0 aliphatic carbocycles. The summed E-state index contributed by atoms with van der Waals surface area (Å²) in [6.45, 7) is 1.68. The molecule has 1 rings (SSSR count). The Morgan fingerprint density at radius 3 is 2.36 bits per heavy atom. The molecule has 0 radical (unpaired) electrons. The van der Waals surface area contributed by atoms with E-state index in [-0.39, 0.29) is 25.2 Å². The quantitative estimate of drug-likeness (QED) is 0.559. The molecule has 0 aliphatic heterocycles. The molecule has 1 amide bonds. The molecule has 1 aromatic rings. The van der Waals surface area contributed by atoms with Gasteiger partial charge in [0.2, 0.25) is 6.41 Å². The maximum atomic E-state index is 13.1. The van der Waals surface area contributed by atoms with Crippen LogP contribution in [0.3, 0.4) is 0 Å². The van der Waals surface area contributed by atoms with E-state index in [9.17, 15) is 18.0 Å². The fourth-order valence-electron chi connectivity index (χ4n) is 2.02. The molecule has 0 unspecified atom stereocenters. The molecule has 0 aromatic heterocycles. The van der Waals surface area contributed by atoms with Gasteiger partial charge in [0, 0.05) is 13.6 Å². The van der Waals surface area contributed by atoms with E-state index in [0.29, 0.717) is 6.41 Å². The van der Waals surface area contributed by atoms with Crippen molar-refractivity contribution in [2.24, 2.45) is 4.99 Å². The first kappa shape index (κ1) is 17.9. The molecule has 22 heavy (non-hydrogen) atoms. The third-order valence-corrected chi connectivity index (χ3v) is 3.02. The summed E-state index contributed by atoms with van der Waals surface area (Å²) < 4.78 is 39.2. The topological polar surface area (TPSA) is 32.7 Å². The van der Waals surface area contributed by atoms with Crippen LogP contribution in [0.2, 0.25) is 0 Å². The Bertz CT molecular complexity index is 536. The van der Waals surface area contributed by atoms with Gasteiger partial charge < -0.3 is 4.90 Å². The van der Waals surface area contributed by atoms with Gasteiger partial charge in [0.05, 0.1) is 17.8 Å². The first-order valence-electron chi connectivity index (χ1n) is 6.89. The summed E-state index contributed by atoms with van der Waals surface area (Å²) in [6, 6.07) is 9.08. The van der Waals surface area contributed by atoms with Gasteiger partial charge in [-0.15, -0.1) is 0 Å². The van der Waals surface area contributed by atoms with E-state index in [1.54, 1.807) is 6.92 Å². The van der Waals surface area contributed by atoms with Gasteiger partial charge in [-0.25, -0.2) is 0 Å². The van der Waals surface area contributed by atoms with E-state index in [0.717, 1.165) is 11.6 Å². The number of allylic oxidation sites excluding steroid dienone is 1. The molecule has 0 bridgehead atoms. The minimum absolute atomic E-state index is 0.141.